The molecule has 2 aliphatic heterocycles. The number of amides is 3. The smallest absolute Gasteiger partial charge is 0.261 e. The van der Waals surface area contributed by atoms with E-state index in [-0.39, 0.29) is 61.2 Å². The van der Waals surface area contributed by atoms with Crippen molar-refractivity contribution >= 4 is 27.7 Å². The van der Waals surface area contributed by atoms with Crippen molar-refractivity contribution in [3.8, 4) is 0 Å². The van der Waals surface area contributed by atoms with Gasteiger partial charge in [0.15, 0.2) is 11.6 Å². The molecule has 3 aromatic rings. The first-order chi connectivity index (χ1) is 22.4. The minimum atomic E-state index is -4.00. The summed E-state index contributed by atoms with van der Waals surface area (Å²) in [6.45, 7) is 2.46. The van der Waals surface area contributed by atoms with E-state index in [1.54, 1.807) is 41.3 Å². The average Bonchev–Trinajstić information content (AvgIpc) is 3.30. The highest BCUT2D eigenvalue weighted by atomic mass is 32.2. The minimum Gasteiger partial charge on any atom is -0.343 e. The van der Waals surface area contributed by atoms with Crippen molar-refractivity contribution in [2.75, 3.05) is 32.7 Å². The maximum atomic E-state index is 14.1. The van der Waals surface area contributed by atoms with Crippen LogP contribution in [0.1, 0.15) is 57.5 Å². The highest BCUT2D eigenvalue weighted by Gasteiger charge is 2.35. The molecular formula is C34H37F3N4O5S. The number of carbonyl (C=O) groups excluding carboxylic acids is 3. The molecule has 9 nitrogen and oxygen atoms in total. The number of rotatable bonds is 12. The number of nitrogens with zero attached hydrogens (tertiary/aromatic N) is 3. The summed E-state index contributed by atoms with van der Waals surface area (Å²) in [5.41, 5.74) is 7.80. The lowest BCUT2D eigenvalue weighted by atomic mass is 9.86. The maximum absolute atomic E-state index is 14.1. The lowest BCUT2D eigenvalue weighted by Crippen LogP contribution is -2.45. The van der Waals surface area contributed by atoms with E-state index in [0.717, 1.165) is 16.5 Å². The van der Waals surface area contributed by atoms with Gasteiger partial charge in [0.25, 0.3) is 11.8 Å². The second-order valence-corrected chi connectivity index (χ2v) is 14.0. The monoisotopic (exact) mass is 670 g/mol. The topological polar surface area (TPSA) is 121 Å². The first-order valence-corrected chi connectivity index (χ1v) is 17.0. The second kappa shape index (κ2) is 14.4. The summed E-state index contributed by atoms with van der Waals surface area (Å²) >= 11 is 0. The van der Waals surface area contributed by atoms with E-state index in [1.807, 2.05) is 6.92 Å². The van der Waals surface area contributed by atoms with Crippen molar-refractivity contribution in [1.82, 2.24) is 14.1 Å². The largest absolute Gasteiger partial charge is 0.343 e. The van der Waals surface area contributed by atoms with Gasteiger partial charge in [-0.25, -0.2) is 21.6 Å². The van der Waals surface area contributed by atoms with Crippen LogP contribution in [0.4, 0.5) is 13.2 Å². The fourth-order valence-electron chi connectivity index (χ4n) is 6.16. The van der Waals surface area contributed by atoms with E-state index in [1.165, 1.54) is 16.4 Å². The molecule has 0 unspecified atom stereocenters. The van der Waals surface area contributed by atoms with Crippen molar-refractivity contribution in [3.63, 3.8) is 0 Å². The van der Waals surface area contributed by atoms with Crippen LogP contribution in [0.3, 0.4) is 0 Å². The van der Waals surface area contributed by atoms with Crippen molar-refractivity contribution in [2.24, 2.45) is 11.7 Å². The number of aryl methyl sites for hydroxylation is 1. The van der Waals surface area contributed by atoms with E-state index in [2.05, 4.69) is 0 Å². The number of hydrogen-bond acceptors (Lipinski definition) is 6. The lowest BCUT2D eigenvalue weighted by Gasteiger charge is -2.35. The van der Waals surface area contributed by atoms with Gasteiger partial charge in [0.1, 0.15) is 5.82 Å². The Hall–Kier alpha value is -4.07. The fraction of sp³-hybridized carbons (Fsp3) is 0.382. The van der Waals surface area contributed by atoms with E-state index in [4.69, 9.17) is 5.73 Å². The van der Waals surface area contributed by atoms with Crippen LogP contribution in [-0.2, 0) is 21.2 Å². The van der Waals surface area contributed by atoms with Crippen LogP contribution in [-0.4, -0.2) is 79.0 Å². The molecule has 0 spiro atoms. The molecule has 250 valence electrons. The molecule has 1 saturated heterocycles. The first-order valence-electron chi connectivity index (χ1n) is 15.6. The third kappa shape index (κ3) is 7.58. The fourth-order valence-corrected chi connectivity index (χ4v) is 7.63. The zero-order valence-corrected chi connectivity index (χ0v) is 26.8. The van der Waals surface area contributed by atoms with Gasteiger partial charge in [-0.05, 0) is 74.4 Å². The standard InChI is InChI=1S/C34H37F3N4O5S/c1-22-7-9-25(10-8-22)47(45,46)40(14-4-15-41-33(43)26-5-2-3-6-27(26)34(41)44)18-13-32(42)39-16-11-23(12-17-39)31(38)20-24-19-29(36)30(37)21-28(24)35/h2-3,5-10,19,21,23,31H,4,11-18,20,38H2,1H3/t31-/m1/s1. The summed E-state index contributed by atoms with van der Waals surface area (Å²) in [5, 5.41) is 0. The van der Waals surface area contributed by atoms with Gasteiger partial charge in [0.05, 0.1) is 16.0 Å². The Bertz CT molecular complexity index is 1730. The molecule has 3 aromatic carbocycles. The van der Waals surface area contributed by atoms with E-state index >= 15 is 0 Å². The number of imide groups is 1. The number of likely N-dealkylation sites (tertiary alicyclic amines) is 1. The molecule has 2 N–H and O–H groups in total. The highest BCUT2D eigenvalue weighted by molar-refractivity contribution is 7.89. The minimum absolute atomic E-state index is 0.00668. The number of sulfonamides is 1. The Labute approximate surface area is 272 Å². The Morgan fingerprint density at radius 1 is 0.915 bits per heavy atom. The van der Waals surface area contributed by atoms with Crippen LogP contribution >= 0.6 is 0 Å². The van der Waals surface area contributed by atoms with Gasteiger partial charge in [-0.15, -0.1) is 0 Å². The molecule has 5 rings (SSSR count). The Kier molecular flexibility index (Phi) is 10.5. The van der Waals surface area contributed by atoms with Gasteiger partial charge in [0, 0.05) is 51.3 Å². The van der Waals surface area contributed by atoms with Crippen molar-refractivity contribution < 1.29 is 36.0 Å². The van der Waals surface area contributed by atoms with Gasteiger partial charge >= 0.3 is 0 Å². The number of fused-ring (bicyclic) bond motifs is 1. The molecule has 2 aliphatic rings. The van der Waals surface area contributed by atoms with Crippen LogP contribution in [0.25, 0.3) is 0 Å². The number of benzene rings is 3. The summed E-state index contributed by atoms with van der Waals surface area (Å²) < 4.78 is 69.6. The molecule has 0 aliphatic carbocycles. The van der Waals surface area contributed by atoms with Crippen LogP contribution in [0.2, 0.25) is 0 Å². The number of halogens is 3. The first kappa shape index (κ1) is 34.3. The summed E-state index contributed by atoms with van der Waals surface area (Å²) in [6.07, 6.45) is 1.14. The maximum Gasteiger partial charge on any atom is 0.261 e. The molecule has 0 saturated carbocycles. The number of nitrogens with two attached hydrogens (primary N) is 1. The van der Waals surface area contributed by atoms with Gasteiger partial charge in [-0.1, -0.05) is 29.8 Å². The normalized spacial score (nSPS) is 16.2. The Morgan fingerprint density at radius 2 is 1.51 bits per heavy atom. The average molecular weight is 671 g/mol. The molecule has 0 aromatic heterocycles. The quantitative estimate of drug-likeness (QED) is 0.227. The predicted molar refractivity (Wildman–Crippen MR) is 168 cm³/mol. The summed E-state index contributed by atoms with van der Waals surface area (Å²) in [4.78, 5) is 41.6. The van der Waals surface area contributed by atoms with E-state index < -0.39 is 45.3 Å². The van der Waals surface area contributed by atoms with E-state index in [9.17, 15) is 36.0 Å². The van der Waals surface area contributed by atoms with Gasteiger partial charge in [0.2, 0.25) is 15.9 Å². The molecule has 0 bridgehead atoms. The molecule has 1 fully saturated rings. The van der Waals surface area contributed by atoms with Crippen LogP contribution in [0.5, 0.6) is 0 Å². The van der Waals surface area contributed by atoms with Crippen LogP contribution in [0, 0.1) is 30.3 Å². The molecule has 1 atom stereocenters. The van der Waals surface area contributed by atoms with Gasteiger partial charge in [-0.3, -0.25) is 19.3 Å². The SMILES string of the molecule is Cc1ccc(S(=O)(=O)N(CCCN2C(=O)c3ccccc3C2=O)CCC(=O)N2CCC([C@H](N)Cc3cc(F)c(F)cc3F)CC2)cc1. The molecule has 2 heterocycles. The Balaban J connectivity index is 1.18. The summed E-state index contributed by atoms with van der Waals surface area (Å²) in [6, 6.07) is 13.7. The van der Waals surface area contributed by atoms with Gasteiger partial charge in [-0.2, -0.15) is 4.31 Å². The molecule has 0 radical (unpaired) electrons. The number of piperidine rings is 1. The zero-order valence-electron chi connectivity index (χ0n) is 26.0. The third-order valence-electron chi connectivity index (χ3n) is 8.94. The highest BCUT2D eigenvalue weighted by Crippen LogP contribution is 2.26. The van der Waals surface area contributed by atoms with Crippen molar-refractivity contribution in [1.29, 1.82) is 0 Å². The predicted octanol–water partition coefficient (Wildman–Crippen LogP) is 4.29. The number of carbonyl (C=O) groups is 3. The third-order valence-corrected chi connectivity index (χ3v) is 10.9. The molecule has 3 amide bonds. The van der Waals surface area contributed by atoms with Gasteiger partial charge < -0.3 is 10.6 Å². The summed E-state index contributed by atoms with van der Waals surface area (Å²) in [5.74, 6) is -4.43. The van der Waals surface area contributed by atoms with Crippen molar-refractivity contribution in [3.05, 3.63) is 100 Å². The molecule has 13 heteroatoms. The molecule has 47 heavy (non-hydrogen) atoms. The van der Waals surface area contributed by atoms with E-state index in [0.29, 0.717) is 43.1 Å². The van der Waals surface area contributed by atoms with Crippen LogP contribution in [0.15, 0.2) is 65.6 Å². The number of hydrogen-bond donors (Lipinski definition) is 1. The second-order valence-electron chi connectivity index (χ2n) is 12.1. The zero-order chi connectivity index (χ0) is 33.9. The Morgan fingerprint density at radius 3 is 2.13 bits per heavy atom. The lowest BCUT2D eigenvalue weighted by molar-refractivity contribution is -0.132. The van der Waals surface area contributed by atoms with Crippen LogP contribution < -0.4 is 5.73 Å². The molecular weight excluding hydrogens is 633 g/mol. The van der Waals surface area contributed by atoms with Crippen molar-refractivity contribution in [2.45, 2.75) is 50.0 Å². The summed E-state index contributed by atoms with van der Waals surface area (Å²) in [7, 11) is -4.00.